The molecule has 72 valence electrons. The molecule has 1 atom stereocenters. The molecule has 1 unspecified atom stereocenters. The fourth-order valence-electron chi connectivity index (χ4n) is 0.804. The number of aryl methyl sites for hydroxylation is 1. The summed E-state index contributed by atoms with van der Waals surface area (Å²) in [6, 6.07) is -0.0174. The Kier molecular flexibility index (Phi) is 3.69. The molecule has 0 aliphatic rings. The summed E-state index contributed by atoms with van der Waals surface area (Å²) in [6.07, 6.45) is 0. The van der Waals surface area contributed by atoms with Crippen LogP contribution in [0.15, 0.2) is 5.38 Å². The first-order valence-electron chi connectivity index (χ1n) is 3.92. The van der Waals surface area contributed by atoms with Crippen LogP contribution in [-0.4, -0.2) is 22.8 Å². The number of rotatable bonds is 3. The Balaban J connectivity index is 2.58. The van der Waals surface area contributed by atoms with Gasteiger partial charge in [-0.3, -0.25) is 4.79 Å². The highest BCUT2D eigenvalue weighted by Gasteiger charge is 2.11. The monoisotopic (exact) mass is 218 g/mol. The van der Waals surface area contributed by atoms with E-state index in [4.69, 9.17) is 11.6 Å². The second kappa shape index (κ2) is 4.58. The molecule has 1 amide bonds. The maximum absolute atomic E-state index is 11.4. The fraction of sp³-hybridized carbons (Fsp3) is 0.500. The number of nitrogens with zero attached hydrogens (tertiary/aromatic N) is 1. The van der Waals surface area contributed by atoms with Gasteiger partial charge < -0.3 is 5.32 Å². The van der Waals surface area contributed by atoms with Crippen LogP contribution in [0.1, 0.15) is 22.4 Å². The Morgan fingerprint density at radius 1 is 1.85 bits per heavy atom. The van der Waals surface area contributed by atoms with Crippen molar-refractivity contribution >= 4 is 28.8 Å². The van der Waals surface area contributed by atoms with Crippen LogP contribution in [0.2, 0.25) is 0 Å². The van der Waals surface area contributed by atoms with Crippen molar-refractivity contribution in [2.45, 2.75) is 19.9 Å². The molecule has 5 heteroatoms. The third-order valence-corrected chi connectivity index (χ3v) is 2.70. The van der Waals surface area contributed by atoms with Gasteiger partial charge in [0.25, 0.3) is 5.91 Å². The van der Waals surface area contributed by atoms with Gasteiger partial charge in [0.15, 0.2) is 0 Å². The molecule has 1 N–H and O–H groups in total. The van der Waals surface area contributed by atoms with Crippen molar-refractivity contribution < 1.29 is 4.79 Å². The molecule has 0 aliphatic heterocycles. The standard InChI is InChI=1S/C8H11ClN2OS/c1-5(3-9)10-8(12)7-4-13-6(2)11-7/h4-5H,3H2,1-2H3,(H,10,12). The molecule has 1 heterocycles. The van der Waals surface area contributed by atoms with E-state index in [1.54, 1.807) is 5.38 Å². The smallest absolute Gasteiger partial charge is 0.271 e. The van der Waals surface area contributed by atoms with E-state index in [0.29, 0.717) is 11.6 Å². The van der Waals surface area contributed by atoms with Crippen molar-refractivity contribution in [2.24, 2.45) is 0 Å². The first-order chi connectivity index (χ1) is 6.13. The molecular formula is C8H11ClN2OS. The summed E-state index contributed by atoms with van der Waals surface area (Å²) in [5.74, 6) is 0.256. The quantitative estimate of drug-likeness (QED) is 0.787. The van der Waals surface area contributed by atoms with E-state index < -0.39 is 0 Å². The van der Waals surface area contributed by atoms with Gasteiger partial charge in [-0.05, 0) is 13.8 Å². The minimum absolute atomic E-state index is 0.0174. The fourth-order valence-corrected chi connectivity index (χ4v) is 1.47. The van der Waals surface area contributed by atoms with Gasteiger partial charge in [0.2, 0.25) is 0 Å². The molecule has 3 nitrogen and oxygen atoms in total. The molecular weight excluding hydrogens is 208 g/mol. The number of alkyl halides is 1. The highest BCUT2D eigenvalue weighted by molar-refractivity contribution is 7.09. The molecule has 0 aliphatic carbocycles. The van der Waals surface area contributed by atoms with E-state index in [2.05, 4.69) is 10.3 Å². The average molecular weight is 219 g/mol. The molecule has 0 radical (unpaired) electrons. The largest absolute Gasteiger partial charge is 0.347 e. The van der Waals surface area contributed by atoms with Crippen LogP contribution < -0.4 is 5.32 Å². The van der Waals surface area contributed by atoms with Gasteiger partial charge in [-0.15, -0.1) is 22.9 Å². The Labute approximate surface area is 86.1 Å². The normalized spacial score (nSPS) is 12.5. The Morgan fingerprint density at radius 3 is 3.00 bits per heavy atom. The van der Waals surface area contributed by atoms with Crippen LogP contribution in [0.5, 0.6) is 0 Å². The topological polar surface area (TPSA) is 42.0 Å². The van der Waals surface area contributed by atoms with Crippen LogP contribution in [0.3, 0.4) is 0 Å². The van der Waals surface area contributed by atoms with Gasteiger partial charge in [-0.25, -0.2) is 4.98 Å². The summed E-state index contributed by atoms with van der Waals surface area (Å²) in [4.78, 5) is 15.5. The van der Waals surface area contributed by atoms with E-state index in [1.807, 2.05) is 13.8 Å². The van der Waals surface area contributed by atoms with E-state index >= 15 is 0 Å². The Hall–Kier alpha value is -0.610. The van der Waals surface area contributed by atoms with E-state index in [-0.39, 0.29) is 11.9 Å². The van der Waals surface area contributed by atoms with Crippen LogP contribution in [0.4, 0.5) is 0 Å². The summed E-state index contributed by atoms with van der Waals surface area (Å²) >= 11 is 7.02. The van der Waals surface area contributed by atoms with Crippen LogP contribution in [0.25, 0.3) is 0 Å². The number of halogens is 1. The number of hydrogen-bond acceptors (Lipinski definition) is 3. The lowest BCUT2D eigenvalue weighted by atomic mass is 10.3. The van der Waals surface area contributed by atoms with Crippen molar-refractivity contribution in [1.82, 2.24) is 10.3 Å². The van der Waals surface area contributed by atoms with Crippen molar-refractivity contribution in [3.05, 3.63) is 16.1 Å². The predicted molar refractivity (Wildman–Crippen MR) is 54.5 cm³/mol. The maximum atomic E-state index is 11.4. The maximum Gasteiger partial charge on any atom is 0.271 e. The second-order valence-corrected chi connectivity index (χ2v) is 4.15. The number of aromatic nitrogens is 1. The van der Waals surface area contributed by atoms with Gasteiger partial charge >= 0.3 is 0 Å². The summed E-state index contributed by atoms with van der Waals surface area (Å²) in [7, 11) is 0. The zero-order valence-electron chi connectivity index (χ0n) is 7.50. The lowest BCUT2D eigenvalue weighted by molar-refractivity contribution is 0.0939. The van der Waals surface area contributed by atoms with Crippen LogP contribution >= 0.6 is 22.9 Å². The van der Waals surface area contributed by atoms with Gasteiger partial charge in [-0.1, -0.05) is 0 Å². The highest BCUT2D eigenvalue weighted by atomic mass is 35.5. The van der Waals surface area contributed by atoms with E-state index in [0.717, 1.165) is 5.01 Å². The molecule has 1 aromatic rings. The molecule has 13 heavy (non-hydrogen) atoms. The lowest BCUT2D eigenvalue weighted by Gasteiger charge is -2.07. The van der Waals surface area contributed by atoms with E-state index in [1.165, 1.54) is 11.3 Å². The third-order valence-electron chi connectivity index (χ3n) is 1.46. The minimum Gasteiger partial charge on any atom is -0.347 e. The number of amides is 1. The number of hydrogen-bond donors (Lipinski definition) is 1. The molecule has 0 saturated carbocycles. The summed E-state index contributed by atoms with van der Waals surface area (Å²) in [6.45, 7) is 3.72. The molecule has 0 spiro atoms. The first kappa shape index (κ1) is 10.5. The lowest BCUT2D eigenvalue weighted by Crippen LogP contribution is -2.33. The van der Waals surface area contributed by atoms with Crippen molar-refractivity contribution in [3.63, 3.8) is 0 Å². The van der Waals surface area contributed by atoms with Crippen LogP contribution in [0, 0.1) is 6.92 Å². The summed E-state index contributed by atoms with van der Waals surface area (Å²) < 4.78 is 0. The van der Waals surface area contributed by atoms with Crippen molar-refractivity contribution in [1.29, 1.82) is 0 Å². The average Bonchev–Trinajstić information content (AvgIpc) is 2.51. The number of carbonyl (C=O) groups excluding carboxylic acids is 1. The Morgan fingerprint density at radius 2 is 2.54 bits per heavy atom. The number of nitrogens with one attached hydrogen (secondary N) is 1. The van der Waals surface area contributed by atoms with Crippen molar-refractivity contribution in [3.8, 4) is 0 Å². The predicted octanol–water partition coefficient (Wildman–Crippen LogP) is 1.81. The first-order valence-corrected chi connectivity index (χ1v) is 5.34. The summed E-state index contributed by atoms with van der Waals surface area (Å²) in [5.41, 5.74) is 0.472. The molecule has 1 aromatic heterocycles. The minimum atomic E-state index is -0.155. The third kappa shape index (κ3) is 2.97. The van der Waals surface area contributed by atoms with Gasteiger partial charge in [0.1, 0.15) is 5.69 Å². The number of thiazole rings is 1. The van der Waals surface area contributed by atoms with Crippen molar-refractivity contribution in [2.75, 3.05) is 5.88 Å². The zero-order chi connectivity index (χ0) is 9.84. The highest BCUT2D eigenvalue weighted by Crippen LogP contribution is 2.07. The SMILES string of the molecule is Cc1nc(C(=O)NC(C)CCl)cs1. The van der Waals surface area contributed by atoms with Gasteiger partial charge in [0.05, 0.1) is 5.01 Å². The van der Waals surface area contributed by atoms with Crippen LogP contribution in [-0.2, 0) is 0 Å². The summed E-state index contributed by atoms with van der Waals surface area (Å²) in [5, 5.41) is 5.37. The molecule has 0 aromatic carbocycles. The Bertz CT molecular complexity index is 300. The number of carbonyl (C=O) groups is 1. The second-order valence-electron chi connectivity index (χ2n) is 2.78. The molecule has 0 bridgehead atoms. The zero-order valence-corrected chi connectivity index (χ0v) is 9.08. The van der Waals surface area contributed by atoms with Gasteiger partial charge in [0, 0.05) is 17.3 Å². The molecule has 0 fully saturated rings. The van der Waals surface area contributed by atoms with Gasteiger partial charge in [-0.2, -0.15) is 0 Å². The molecule has 0 saturated heterocycles. The van der Waals surface area contributed by atoms with E-state index in [9.17, 15) is 4.79 Å². The molecule has 1 rings (SSSR count).